The van der Waals surface area contributed by atoms with Gasteiger partial charge in [-0.3, -0.25) is 9.69 Å². The molecule has 3 heterocycles. The van der Waals surface area contributed by atoms with Crippen LogP contribution in [0.5, 0.6) is 5.75 Å². The molecule has 1 aliphatic carbocycles. The standard InChI is InChI=1S/C30H36N6O2/c1-38-25-13-12-23-19-26(30(37)31-27(23)20-25)28(29-32-33-34-36(29)24-10-6-3-7-11-24)35-16-14-22(15-17-35)18-21-8-4-2-5-9-21/h2,4-5,8-9,12-13,19-20,22,24,28H,3,6-7,10-11,14-18H2,1H3,(H,31,37)/t28-/m0/s1. The Kier molecular flexibility index (Phi) is 7.22. The van der Waals surface area contributed by atoms with Crippen LogP contribution in [0.15, 0.2) is 59.4 Å². The van der Waals surface area contributed by atoms with E-state index in [2.05, 4.69) is 55.7 Å². The van der Waals surface area contributed by atoms with E-state index in [4.69, 9.17) is 4.74 Å². The Bertz CT molecular complexity index is 1420. The third kappa shape index (κ3) is 5.10. The van der Waals surface area contributed by atoms with Crippen LogP contribution in [0.4, 0.5) is 0 Å². The van der Waals surface area contributed by atoms with Crippen molar-refractivity contribution < 1.29 is 4.74 Å². The average Bonchev–Trinajstić information content (AvgIpc) is 3.44. The SMILES string of the molecule is COc1ccc2cc([C@@H](c3nnnn3C3CCCCC3)N3CCC(Cc4ccccc4)CC3)c(=O)[nH]c2c1. The third-order valence-corrected chi connectivity index (χ3v) is 8.44. The number of piperidine rings is 1. The first kappa shape index (κ1) is 24.8. The van der Waals surface area contributed by atoms with Gasteiger partial charge in [0.1, 0.15) is 11.8 Å². The van der Waals surface area contributed by atoms with Crippen LogP contribution in [0.3, 0.4) is 0 Å². The number of pyridine rings is 1. The van der Waals surface area contributed by atoms with E-state index in [9.17, 15) is 4.79 Å². The summed E-state index contributed by atoms with van der Waals surface area (Å²) in [6, 6.07) is 18.6. The van der Waals surface area contributed by atoms with Gasteiger partial charge in [0, 0.05) is 11.6 Å². The fourth-order valence-electron chi connectivity index (χ4n) is 6.36. The topological polar surface area (TPSA) is 88.9 Å². The molecule has 6 rings (SSSR count). The second-order valence-corrected chi connectivity index (χ2v) is 10.9. The summed E-state index contributed by atoms with van der Waals surface area (Å²) >= 11 is 0. The highest BCUT2D eigenvalue weighted by Crippen LogP contribution is 2.35. The summed E-state index contributed by atoms with van der Waals surface area (Å²) in [6.45, 7) is 1.81. The summed E-state index contributed by atoms with van der Waals surface area (Å²) in [5.41, 5.74) is 2.77. The summed E-state index contributed by atoms with van der Waals surface area (Å²) in [6.07, 6.45) is 9.07. The van der Waals surface area contributed by atoms with Gasteiger partial charge in [-0.05, 0) is 90.7 Å². The number of hydrogen-bond acceptors (Lipinski definition) is 6. The van der Waals surface area contributed by atoms with Gasteiger partial charge in [-0.15, -0.1) is 5.10 Å². The lowest BCUT2D eigenvalue weighted by molar-refractivity contribution is 0.140. The maximum absolute atomic E-state index is 13.6. The molecule has 8 nitrogen and oxygen atoms in total. The van der Waals surface area contributed by atoms with Crippen LogP contribution in [-0.2, 0) is 6.42 Å². The second kappa shape index (κ2) is 11.1. The minimum absolute atomic E-state index is 0.0969. The number of aromatic amines is 1. The summed E-state index contributed by atoms with van der Waals surface area (Å²) in [5, 5.41) is 14.1. The molecule has 0 radical (unpaired) electrons. The molecular formula is C30H36N6O2. The van der Waals surface area contributed by atoms with Crippen molar-refractivity contribution >= 4 is 10.9 Å². The molecule has 1 saturated carbocycles. The number of likely N-dealkylation sites (tertiary alicyclic amines) is 1. The minimum Gasteiger partial charge on any atom is -0.497 e. The van der Waals surface area contributed by atoms with Crippen LogP contribution >= 0.6 is 0 Å². The lowest BCUT2D eigenvalue weighted by Crippen LogP contribution is -2.41. The Morgan fingerprint density at radius 3 is 2.55 bits per heavy atom. The Hall–Kier alpha value is -3.52. The zero-order valence-electron chi connectivity index (χ0n) is 22.1. The van der Waals surface area contributed by atoms with Crippen LogP contribution in [0.2, 0.25) is 0 Å². The largest absolute Gasteiger partial charge is 0.497 e. The van der Waals surface area contributed by atoms with Crippen LogP contribution in [0, 0.1) is 5.92 Å². The van der Waals surface area contributed by atoms with Gasteiger partial charge >= 0.3 is 0 Å². The number of tetrazole rings is 1. The van der Waals surface area contributed by atoms with Gasteiger partial charge < -0.3 is 9.72 Å². The van der Waals surface area contributed by atoms with Gasteiger partial charge in [-0.25, -0.2) is 4.68 Å². The van der Waals surface area contributed by atoms with Crippen molar-refractivity contribution in [3.8, 4) is 5.75 Å². The first-order chi connectivity index (χ1) is 18.7. The molecule has 2 fully saturated rings. The number of nitrogens with one attached hydrogen (secondary N) is 1. The Labute approximate surface area is 223 Å². The first-order valence-electron chi connectivity index (χ1n) is 14.0. The summed E-state index contributed by atoms with van der Waals surface area (Å²) < 4.78 is 7.39. The number of aromatic nitrogens is 5. The predicted octanol–water partition coefficient (Wildman–Crippen LogP) is 5.07. The molecule has 2 aromatic heterocycles. The van der Waals surface area contributed by atoms with Crippen molar-refractivity contribution in [2.24, 2.45) is 5.92 Å². The number of benzene rings is 2. The monoisotopic (exact) mass is 512 g/mol. The number of hydrogen-bond donors (Lipinski definition) is 1. The smallest absolute Gasteiger partial charge is 0.253 e. The molecular weight excluding hydrogens is 476 g/mol. The first-order valence-corrected chi connectivity index (χ1v) is 14.0. The lowest BCUT2D eigenvalue weighted by atomic mass is 9.88. The second-order valence-electron chi connectivity index (χ2n) is 10.9. The van der Waals surface area contributed by atoms with Crippen LogP contribution < -0.4 is 10.3 Å². The van der Waals surface area contributed by atoms with E-state index in [0.29, 0.717) is 11.5 Å². The average molecular weight is 513 g/mol. The quantitative estimate of drug-likeness (QED) is 0.372. The number of rotatable bonds is 7. The molecule has 0 unspecified atom stereocenters. The molecule has 0 spiro atoms. The highest BCUT2D eigenvalue weighted by Gasteiger charge is 2.34. The van der Waals surface area contributed by atoms with Crippen LogP contribution in [0.1, 0.15) is 74.0 Å². The summed E-state index contributed by atoms with van der Waals surface area (Å²) in [5.74, 6) is 2.14. The molecule has 0 bridgehead atoms. The van der Waals surface area contributed by atoms with Crippen molar-refractivity contribution in [2.75, 3.05) is 20.2 Å². The number of methoxy groups -OCH3 is 1. The highest BCUT2D eigenvalue weighted by molar-refractivity contribution is 5.80. The van der Waals surface area contributed by atoms with E-state index in [1.807, 2.05) is 28.9 Å². The maximum Gasteiger partial charge on any atom is 0.253 e. The third-order valence-electron chi connectivity index (χ3n) is 8.44. The van der Waals surface area contributed by atoms with E-state index in [1.54, 1.807) is 7.11 Å². The molecule has 1 atom stereocenters. The number of nitrogens with zero attached hydrogens (tertiary/aromatic N) is 5. The predicted molar refractivity (Wildman–Crippen MR) is 147 cm³/mol. The van der Waals surface area contributed by atoms with E-state index < -0.39 is 0 Å². The summed E-state index contributed by atoms with van der Waals surface area (Å²) in [4.78, 5) is 19.1. The van der Waals surface area contributed by atoms with Crippen molar-refractivity contribution in [1.29, 1.82) is 0 Å². The van der Waals surface area contributed by atoms with Crippen molar-refractivity contribution in [3.63, 3.8) is 0 Å². The van der Waals surface area contributed by atoms with E-state index in [1.165, 1.54) is 24.8 Å². The van der Waals surface area contributed by atoms with Crippen LogP contribution in [-0.4, -0.2) is 50.3 Å². The number of fused-ring (bicyclic) bond motifs is 1. The Morgan fingerprint density at radius 1 is 1.00 bits per heavy atom. The van der Waals surface area contributed by atoms with Gasteiger partial charge in [0.05, 0.1) is 18.7 Å². The van der Waals surface area contributed by atoms with E-state index in [-0.39, 0.29) is 17.6 Å². The normalized spacial score (nSPS) is 18.6. The minimum atomic E-state index is -0.292. The van der Waals surface area contributed by atoms with Gasteiger partial charge in [0.15, 0.2) is 5.82 Å². The zero-order chi connectivity index (χ0) is 25.9. The Morgan fingerprint density at radius 2 is 1.79 bits per heavy atom. The zero-order valence-corrected chi connectivity index (χ0v) is 22.1. The fraction of sp³-hybridized carbons (Fsp3) is 0.467. The molecule has 8 heteroatoms. The van der Waals surface area contributed by atoms with Gasteiger partial charge in [-0.2, -0.15) is 0 Å². The molecule has 1 aliphatic heterocycles. The highest BCUT2D eigenvalue weighted by atomic mass is 16.5. The summed E-state index contributed by atoms with van der Waals surface area (Å²) in [7, 11) is 1.64. The molecule has 0 amide bonds. The maximum atomic E-state index is 13.6. The molecule has 1 saturated heterocycles. The van der Waals surface area contributed by atoms with Gasteiger partial charge in [-0.1, -0.05) is 49.6 Å². The van der Waals surface area contributed by atoms with Crippen molar-refractivity contribution in [2.45, 2.75) is 63.5 Å². The fourth-order valence-corrected chi connectivity index (χ4v) is 6.36. The number of ether oxygens (including phenoxy) is 1. The number of H-pyrrole nitrogens is 1. The molecule has 38 heavy (non-hydrogen) atoms. The Balaban J connectivity index is 1.34. The molecule has 198 valence electrons. The van der Waals surface area contributed by atoms with Crippen LogP contribution in [0.25, 0.3) is 10.9 Å². The van der Waals surface area contributed by atoms with Crippen molar-refractivity contribution in [1.82, 2.24) is 30.1 Å². The van der Waals surface area contributed by atoms with E-state index >= 15 is 0 Å². The molecule has 2 aliphatic rings. The van der Waals surface area contributed by atoms with Gasteiger partial charge in [0.25, 0.3) is 5.56 Å². The van der Waals surface area contributed by atoms with Crippen molar-refractivity contribution in [3.05, 3.63) is 81.9 Å². The van der Waals surface area contributed by atoms with E-state index in [0.717, 1.165) is 67.7 Å². The molecule has 1 N–H and O–H groups in total. The molecule has 4 aromatic rings. The molecule has 2 aromatic carbocycles. The lowest BCUT2D eigenvalue weighted by Gasteiger charge is -2.37. The van der Waals surface area contributed by atoms with Gasteiger partial charge in [0.2, 0.25) is 0 Å².